The minimum atomic E-state index is -0.729. The van der Waals surface area contributed by atoms with E-state index in [0.717, 1.165) is 6.07 Å². The third kappa shape index (κ3) is 4.43. The Bertz CT molecular complexity index is 1370. The van der Waals surface area contributed by atoms with Crippen LogP contribution < -0.4 is 10.9 Å². The van der Waals surface area contributed by atoms with Crippen molar-refractivity contribution in [2.75, 3.05) is 13.1 Å². The first-order valence-corrected chi connectivity index (χ1v) is 10.2. The number of rotatable bonds is 5. The molecule has 0 unspecified atom stereocenters. The molecule has 2 aromatic heterocycles. The summed E-state index contributed by atoms with van der Waals surface area (Å²) >= 11 is 0. The second-order valence-corrected chi connectivity index (χ2v) is 7.88. The Morgan fingerprint density at radius 2 is 2.06 bits per heavy atom. The van der Waals surface area contributed by atoms with E-state index >= 15 is 0 Å². The second kappa shape index (κ2) is 8.78. The van der Waals surface area contributed by atoms with Crippen molar-refractivity contribution in [3.05, 3.63) is 74.8 Å². The van der Waals surface area contributed by atoms with E-state index in [1.807, 2.05) is 0 Å². The third-order valence-corrected chi connectivity index (χ3v) is 5.69. The molecular weight excluding hydrogens is 432 g/mol. The van der Waals surface area contributed by atoms with Crippen LogP contribution in [0.4, 0.5) is 8.78 Å². The fraction of sp³-hybridized carbons (Fsp3) is 0.261. The number of nitrogens with zero attached hydrogens (tertiary/aromatic N) is 3. The van der Waals surface area contributed by atoms with E-state index in [2.05, 4.69) is 15.3 Å². The molecule has 0 spiro atoms. The number of halogens is 2. The van der Waals surface area contributed by atoms with Crippen LogP contribution in [-0.4, -0.2) is 39.8 Å². The van der Waals surface area contributed by atoms with Gasteiger partial charge in [0.05, 0.1) is 24.2 Å². The molecule has 3 aromatic rings. The van der Waals surface area contributed by atoms with Crippen LogP contribution in [0, 0.1) is 23.0 Å². The molecule has 1 fully saturated rings. The second-order valence-electron chi connectivity index (χ2n) is 7.88. The predicted molar refractivity (Wildman–Crippen MR) is 114 cm³/mol. The van der Waals surface area contributed by atoms with Gasteiger partial charge in [-0.3, -0.25) is 19.4 Å². The number of likely N-dealkylation sites (tertiary alicyclic amines) is 1. The van der Waals surface area contributed by atoms with E-state index < -0.39 is 23.1 Å². The highest BCUT2D eigenvalue weighted by molar-refractivity contribution is 5.87. The molecule has 1 aliphatic heterocycles. The zero-order valence-electron chi connectivity index (χ0n) is 17.6. The summed E-state index contributed by atoms with van der Waals surface area (Å²) in [5.74, 6) is -2.10. The van der Waals surface area contributed by atoms with Gasteiger partial charge in [-0.05, 0) is 29.8 Å². The SMILES string of the molecule is CC(=O)N1CC(c2c(CC(=O)NCc3ncc(C#N)cc3F)c(=O)[nH]c3ccc(F)cc23)C1. The molecule has 33 heavy (non-hydrogen) atoms. The average Bonchev–Trinajstić information content (AvgIpc) is 2.74. The minimum absolute atomic E-state index is 0.0480. The summed E-state index contributed by atoms with van der Waals surface area (Å²) in [5.41, 5.74) is 0.667. The topological polar surface area (TPSA) is 119 Å². The number of carbonyl (C=O) groups excluding carboxylic acids is 2. The summed E-state index contributed by atoms with van der Waals surface area (Å²) in [6.07, 6.45) is 0.883. The smallest absolute Gasteiger partial charge is 0.252 e. The molecule has 0 aliphatic carbocycles. The lowest BCUT2D eigenvalue weighted by molar-refractivity contribution is -0.133. The largest absolute Gasteiger partial charge is 0.350 e. The fourth-order valence-corrected chi connectivity index (χ4v) is 3.95. The van der Waals surface area contributed by atoms with Crippen LogP contribution in [0.3, 0.4) is 0 Å². The molecule has 0 saturated carbocycles. The van der Waals surface area contributed by atoms with Gasteiger partial charge >= 0.3 is 0 Å². The highest BCUT2D eigenvalue weighted by Gasteiger charge is 2.34. The van der Waals surface area contributed by atoms with Gasteiger partial charge < -0.3 is 15.2 Å². The monoisotopic (exact) mass is 451 g/mol. The van der Waals surface area contributed by atoms with Gasteiger partial charge in [0.15, 0.2) is 0 Å². The Labute approximate surface area is 186 Å². The van der Waals surface area contributed by atoms with Crippen molar-refractivity contribution >= 4 is 22.7 Å². The Hall–Kier alpha value is -4.13. The fourth-order valence-electron chi connectivity index (χ4n) is 3.95. The van der Waals surface area contributed by atoms with Crippen LogP contribution in [-0.2, 0) is 22.6 Å². The van der Waals surface area contributed by atoms with Crippen LogP contribution >= 0.6 is 0 Å². The number of fused-ring (bicyclic) bond motifs is 1. The van der Waals surface area contributed by atoms with Gasteiger partial charge in [-0.2, -0.15) is 5.26 Å². The number of hydrogen-bond acceptors (Lipinski definition) is 5. The average molecular weight is 451 g/mol. The molecule has 8 nitrogen and oxygen atoms in total. The summed E-state index contributed by atoms with van der Waals surface area (Å²) in [6.45, 7) is 1.93. The maximum atomic E-state index is 14.0. The summed E-state index contributed by atoms with van der Waals surface area (Å²) in [5, 5.41) is 11.8. The van der Waals surface area contributed by atoms with Crippen molar-refractivity contribution in [3.8, 4) is 6.07 Å². The van der Waals surface area contributed by atoms with E-state index in [1.165, 1.54) is 31.3 Å². The first kappa shape index (κ1) is 22.1. The van der Waals surface area contributed by atoms with Gasteiger partial charge in [-0.15, -0.1) is 0 Å². The molecule has 1 saturated heterocycles. The molecule has 1 aliphatic rings. The molecule has 1 aromatic carbocycles. The molecule has 4 rings (SSSR count). The molecule has 0 bridgehead atoms. The van der Waals surface area contributed by atoms with E-state index in [-0.39, 0.29) is 41.6 Å². The zero-order chi connectivity index (χ0) is 23.7. The van der Waals surface area contributed by atoms with Crippen molar-refractivity contribution < 1.29 is 18.4 Å². The number of nitrogens with one attached hydrogen (secondary N) is 2. The Balaban J connectivity index is 1.61. The van der Waals surface area contributed by atoms with E-state index in [0.29, 0.717) is 29.6 Å². The lowest BCUT2D eigenvalue weighted by atomic mass is 9.85. The molecular formula is C23H19F2N5O3. The van der Waals surface area contributed by atoms with Crippen LogP contribution in [0.1, 0.15) is 35.2 Å². The zero-order valence-corrected chi connectivity index (χ0v) is 17.6. The lowest BCUT2D eigenvalue weighted by Gasteiger charge is -2.40. The number of pyridine rings is 2. The van der Waals surface area contributed by atoms with Crippen molar-refractivity contribution in [2.24, 2.45) is 0 Å². The summed E-state index contributed by atoms with van der Waals surface area (Å²) < 4.78 is 28.0. The van der Waals surface area contributed by atoms with Gasteiger partial charge in [0.2, 0.25) is 11.8 Å². The molecule has 0 radical (unpaired) electrons. The van der Waals surface area contributed by atoms with Gasteiger partial charge in [0, 0.05) is 48.6 Å². The number of hydrogen-bond donors (Lipinski definition) is 2. The first-order chi connectivity index (χ1) is 15.8. The summed E-state index contributed by atoms with van der Waals surface area (Å²) in [4.78, 5) is 45.2. The number of carbonyl (C=O) groups is 2. The van der Waals surface area contributed by atoms with Crippen molar-refractivity contribution in [2.45, 2.75) is 25.8 Å². The maximum absolute atomic E-state index is 14.0. The van der Waals surface area contributed by atoms with Gasteiger partial charge in [0.25, 0.3) is 5.56 Å². The number of H-pyrrole nitrogens is 1. The molecule has 2 N–H and O–H groups in total. The quantitative estimate of drug-likeness (QED) is 0.614. The summed E-state index contributed by atoms with van der Waals surface area (Å²) in [7, 11) is 0. The number of amides is 2. The third-order valence-electron chi connectivity index (χ3n) is 5.69. The first-order valence-electron chi connectivity index (χ1n) is 10.2. The van der Waals surface area contributed by atoms with Crippen molar-refractivity contribution in [1.82, 2.24) is 20.2 Å². The molecule has 2 amide bonds. The molecule has 10 heteroatoms. The van der Waals surface area contributed by atoms with E-state index in [9.17, 15) is 23.2 Å². The lowest BCUT2D eigenvalue weighted by Crippen LogP contribution is -2.48. The highest BCUT2D eigenvalue weighted by Crippen LogP contribution is 2.33. The van der Waals surface area contributed by atoms with Crippen LogP contribution in [0.15, 0.2) is 35.3 Å². The minimum Gasteiger partial charge on any atom is -0.350 e. The van der Waals surface area contributed by atoms with Gasteiger partial charge in [-0.1, -0.05) is 0 Å². The molecule has 168 valence electrons. The van der Waals surface area contributed by atoms with E-state index in [4.69, 9.17) is 5.26 Å². The number of benzene rings is 1. The Morgan fingerprint density at radius 3 is 2.73 bits per heavy atom. The number of aromatic amines is 1. The normalized spacial score (nSPS) is 13.5. The van der Waals surface area contributed by atoms with Crippen molar-refractivity contribution in [1.29, 1.82) is 5.26 Å². The molecule has 3 heterocycles. The van der Waals surface area contributed by atoms with Crippen molar-refractivity contribution in [3.63, 3.8) is 0 Å². The van der Waals surface area contributed by atoms with Gasteiger partial charge in [0.1, 0.15) is 17.7 Å². The number of nitriles is 1. The molecule has 0 atom stereocenters. The van der Waals surface area contributed by atoms with Gasteiger partial charge in [-0.25, -0.2) is 8.78 Å². The highest BCUT2D eigenvalue weighted by atomic mass is 19.1. The van der Waals surface area contributed by atoms with Crippen LogP contribution in [0.25, 0.3) is 10.9 Å². The predicted octanol–water partition coefficient (Wildman–Crippen LogP) is 1.88. The summed E-state index contributed by atoms with van der Waals surface area (Å²) in [6, 6.07) is 6.79. The standard InChI is InChI=1S/C23H19F2N5O3/c1-12(31)30-10-14(11-30)22-16-5-15(24)2-3-19(16)29-23(33)17(22)6-21(32)28-9-20-18(25)4-13(7-26)8-27-20/h2-5,8,14H,6,9-11H2,1H3,(H,28,32)(H,29,33). The Morgan fingerprint density at radius 1 is 1.30 bits per heavy atom. The Kier molecular flexibility index (Phi) is 5.87. The van der Waals surface area contributed by atoms with Crippen LogP contribution in [0.2, 0.25) is 0 Å². The maximum Gasteiger partial charge on any atom is 0.252 e. The number of aromatic nitrogens is 2. The van der Waals surface area contributed by atoms with E-state index in [1.54, 1.807) is 11.0 Å². The van der Waals surface area contributed by atoms with Crippen LogP contribution in [0.5, 0.6) is 0 Å².